The van der Waals surface area contributed by atoms with Crippen LogP contribution in [0.5, 0.6) is 5.75 Å². The van der Waals surface area contributed by atoms with Crippen LogP contribution in [-0.2, 0) is 4.79 Å². The lowest BCUT2D eigenvalue weighted by molar-refractivity contribution is -0.120. The molecule has 0 saturated heterocycles. The van der Waals surface area contributed by atoms with Gasteiger partial charge in [-0.05, 0) is 31.3 Å². The Bertz CT molecular complexity index is 557. The third-order valence-corrected chi connectivity index (χ3v) is 2.60. The van der Waals surface area contributed by atoms with E-state index in [0.717, 1.165) is 16.7 Å². The summed E-state index contributed by atoms with van der Waals surface area (Å²) in [6.07, 6.45) is 1.76. The molecule has 2 aromatic rings. The number of ether oxygens (including phenoxy) is 1. The highest BCUT2D eigenvalue weighted by Gasteiger charge is 2.00. The molecular formula is C14H17N3O2. The summed E-state index contributed by atoms with van der Waals surface area (Å²) in [7, 11) is 1.74. The smallest absolute Gasteiger partial charge is 0.234 e. The molecule has 1 aromatic carbocycles. The molecule has 2 rings (SSSR count). The van der Waals surface area contributed by atoms with Crippen LogP contribution in [-0.4, -0.2) is 37.6 Å². The minimum absolute atomic E-state index is 0.0335. The van der Waals surface area contributed by atoms with E-state index in [1.807, 2.05) is 30.3 Å². The van der Waals surface area contributed by atoms with Crippen molar-refractivity contribution in [3.8, 4) is 5.75 Å². The van der Waals surface area contributed by atoms with E-state index in [9.17, 15) is 4.79 Å². The van der Waals surface area contributed by atoms with Crippen LogP contribution in [0, 0.1) is 0 Å². The van der Waals surface area contributed by atoms with Crippen LogP contribution < -0.4 is 15.4 Å². The first-order chi connectivity index (χ1) is 9.29. The number of likely N-dealkylation sites (N-methyl/N-ethyl adjacent to an activating group) is 1. The van der Waals surface area contributed by atoms with Crippen molar-refractivity contribution >= 4 is 16.8 Å². The van der Waals surface area contributed by atoms with Gasteiger partial charge in [-0.25, -0.2) is 0 Å². The number of carbonyl (C=O) groups excluding carboxylic acids is 1. The van der Waals surface area contributed by atoms with Crippen LogP contribution in [0.2, 0.25) is 0 Å². The molecule has 0 fully saturated rings. The Hall–Kier alpha value is -2.14. The summed E-state index contributed by atoms with van der Waals surface area (Å²) in [5.41, 5.74) is 0.942. The second-order valence-electron chi connectivity index (χ2n) is 4.09. The van der Waals surface area contributed by atoms with Gasteiger partial charge in [0.25, 0.3) is 0 Å². The number of aromatic nitrogens is 1. The molecule has 0 aliphatic rings. The predicted molar refractivity (Wildman–Crippen MR) is 74.2 cm³/mol. The molecule has 5 nitrogen and oxygen atoms in total. The first-order valence-corrected chi connectivity index (χ1v) is 6.18. The Balaban J connectivity index is 1.83. The van der Waals surface area contributed by atoms with Gasteiger partial charge >= 0.3 is 0 Å². The molecule has 5 heteroatoms. The highest BCUT2D eigenvalue weighted by Crippen LogP contribution is 2.18. The van der Waals surface area contributed by atoms with Crippen molar-refractivity contribution in [1.29, 1.82) is 0 Å². The number of nitrogens with one attached hydrogen (secondary N) is 2. The summed E-state index contributed by atoms with van der Waals surface area (Å²) in [5.74, 6) is 0.747. The molecule has 1 heterocycles. The topological polar surface area (TPSA) is 63.2 Å². The first kappa shape index (κ1) is 13.3. The molecule has 0 bridgehead atoms. The Morgan fingerprint density at radius 1 is 1.37 bits per heavy atom. The zero-order valence-corrected chi connectivity index (χ0v) is 10.8. The molecule has 0 aliphatic carbocycles. The monoisotopic (exact) mass is 259 g/mol. The van der Waals surface area contributed by atoms with Crippen molar-refractivity contribution in [1.82, 2.24) is 15.6 Å². The first-order valence-electron chi connectivity index (χ1n) is 6.18. The van der Waals surface area contributed by atoms with E-state index >= 15 is 0 Å². The minimum Gasteiger partial charge on any atom is -0.492 e. The Morgan fingerprint density at radius 2 is 2.26 bits per heavy atom. The van der Waals surface area contributed by atoms with Gasteiger partial charge in [0.15, 0.2) is 0 Å². The van der Waals surface area contributed by atoms with Crippen LogP contribution in [0.3, 0.4) is 0 Å². The van der Waals surface area contributed by atoms with Crippen LogP contribution >= 0.6 is 0 Å². The van der Waals surface area contributed by atoms with Gasteiger partial charge in [0.05, 0.1) is 18.6 Å². The summed E-state index contributed by atoms with van der Waals surface area (Å²) >= 11 is 0. The molecular weight excluding hydrogens is 242 g/mol. The number of hydrogen-bond donors (Lipinski definition) is 2. The molecule has 0 unspecified atom stereocenters. The van der Waals surface area contributed by atoms with Gasteiger partial charge in [-0.3, -0.25) is 9.78 Å². The van der Waals surface area contributed by atoms with Crippen molar-refractivity contribution in [2.24, 2.45) is 0 Å². The molecule has 19 heavy (non-hydrogen) atoms. The van der Waals surface area contributed by atoms with E-state index in [1.54, 1.807) is 13.2 Å². The van der Waals surface area contributed by atoms with Crippen LogP contribution in [0.1, 0.15) is 0 Å². The summed E-state index contributed by atoms with van der Waals surface area (Å²) in [6.45, 7) is 1.26. The van der Waals surface area contributed by atoms with Crippen LogP contribution in [0.15, 0.2) is 36.5 Å². The molecule has 100 valence electrons. The zero-order valence-electron chi connectivity index (χ0n) is 10.8. The van der Waals surface area contributed by atoms with Gasteiger partial charge in [0.1, 0.15) is 12.4 Å². The summed E-state index contributed by atoms with van der Waals surface area (Å²) in [4.78, 5) is 15.4. The van der Waals surface area contributed by atoms with Crippen LogP contribution in [0.25, 0.3) is 10.9 Å². The molecule has 0 atom stereocenters. The highest BCUT2D eigenvalue weighted by molar-refractivity contribution is 5.79. The normalized spacial score (nSPS) is 10.4. The number of hydrogen-bond acceptors (Lipinski definition) is 4. The molecule has 0 radical (unpaired) electrons. The van der Waals surface area contributed by atoms with Crippen molar-refractivity contribution in [3.05, 3.63) is 36.5 Å². The summed E-state index contributed by atoms with van der Waals surface area (Å²) in [6, 6.07) is 9.63. The van der Waals surface area contributed by atoms with Crippen molar-refractivity contribution in [2.75, 3.05) is 26.7 Å². The fourth-order valence-corrected chi connectivity index (χ4v) is 1.73. The van der Waals surface area contributed by atoms with Crippen molar-refractivity contribution in [3.63, 3.8) is 0 Å². The number of fused-ring (bicyclic) bond motifs is 1. The number of rotatable bonds is 6. The lowest BCUT2D eigenvalue weighted by Gasteiger charge is -2.08. The number of pyridine rings is 1. The van der Waals surface area contributed by atoms with Crippen molar-refractivity contribution in [2.45, 2.75) is 0 Å². The van der Waals surface area contributed by atoms with Gasteiger partial charge in [-0.2, -0.15) is 0 Å². The molecule has 1 amide bonds. The lowest BCUT2D eigenvalue weighted by Crippen LogP contribution is -2.34. The van der Waals surface area contributed by atoms with E-state index in [0.29, 0.717) is 19.7 Å². The quantitative estimate of drug-likeness (QED) is 0.758. The average Bonchev–Trinajstić information content (AvgIpc) is 2.44. The van der Waals surface area contributed by atoms with E-state index in [-0.39, 0.29) is 5.91 Å². The highest BCUT2D eigenvalue weighted by atomic mass is 16.5. The Kier molecular flexibility index (Phi) is 4.69. The standard InChI is InChI=1S/C14H17N3O2/c1-15-10-14(18)17-7-8-19-12-4-5-13-11(9-12)3-2-6-16-13/h2-6,9,15H,7-8,10H2,1H3,(H,17,18). The molecule has 0 spiro atoms. The second-order valence-corrected chi connectivity index (χ2v) is 4.09. The van der Waals surface area contributed by atoms with Gasteiger partial charge < -0.3 is 15.4 Å². The third kappa shape index (κ3) is 3.93. The molecule has 2 N–H and O–H groups in total. The molecule has 1 aromatic heterocycles. The maximum atomic E-state index is 11.2. The van der Waals surface area contributed by atoms with Gasteiger partial charge in [0, 0.05) is 11.6 Å². The summed E-state index contributed by atoms with van der Waals surface area (Å²) in [5, 5.41) is 6.58. The van der Waals surface area contributed by atoms with Gasteiger partial charge in [0.2, 0.25) is 5.91 Å². The second kappa shape index (κ2) is 6.70. The maximum absolute atomic E-state index is 11.2. The van der Waals surface area contributed by atoms with E-state index in [2.05, 4.69) is 15.6 Å². The number of nitrogens with zero attached hydrogens (tertiary/aromatic N) is 1. The summed E-state index contributed by atoms with van der Waals surface area (Å²) < 4.78 is 5.58. The minimum atomic E-state index is -0.0335. The Labute approximate surface area is 112 Å². The zero-order chi connectivity index (χ0) is 13.5. The van der Waals surface area contributed by atoms with Gasteiger partial charge in [-0.1, -0.05) is 6.07 Å². The Morgan fingerprint density at radius 3 is 3.11 bits per heavy atom. The number of benzene rings is 1. The van der Waals surface area contributed by atoms with E-state index in [4.69, 9.17) is 4.74 Å². The largest absolute Gasteiger partial charge is 0.492 e. The maximum Gasteiger partial charge on any atom is 0.234 e. The molecule has 0 aliphatic heterocycles. The van der Waals surface area contributed by atoms with E-state index in [1.165, 1.54) is 0 Å². The van der Waals surface area contributed by atoms with Crippen molar-refractivity contribution < 1.29 is 9.53 Å². The van der Waals surface area contributed by atoms with Gasteiger partial charge in [-0.15, -0.1) is 0 Å². The third-order valence-electron chi connectivity index (χ3n) is 2.60. The van der Waals surface area contributed by atoms with E-state index < -0.39 is 0 Å². The molecule has 0 saturated carbocycles. The number of carbonyl (C=O) groups is 1. The average molecular weight is 259 g/mol. The number of amides is 1. The fourth-order valence-electron chi connectivity index (χ4n) is 1.73. The lowest BCUT2D eigenvalue weighted by atomic mass is 10.2. The predicted octanol–water partition coefficient (Wildman–Crippen LogP) is 0.949. The fraction of sp³-hybridized carbons (Fsp3) is 0.286. The SMILES string of the molecule is CNCC(=O)NCCOc1ccc2ncccc2c1. The van der Waals surface area contributed by atoms with Crippen LogP contribution in [0.4, 0.5) is 0 Å².